The summed E-state index contributed by atoms with van der Waals surface area (Å²) in [6, 6.07) is 0. The number of anilines is 1. The fourth-order valence-electron chi connectivity index (χ4n) is 0.562. The van der Waals surface area contributed by atoms with Gasteiger partial charge in [0.05, 0.1) is 0 Å². The van der Waals surface area contributed by atoms with Crippen molar-refractivity contribution in [1.82, 2.24) is 4.98 Å². The van der Waals surface area contributed by atoms with Crippen LogP contribution >= 0.6 is 23.6 Å². The highest BCUT2D eigenvalue weighted by atomic mass is 32.1. The van der Waals surface area contributed by atoms with Gasteiger partial charge in [-0.2, -0.15) is 5.10 Å². The first-order valence-electron chi connectivity index (χ1n) is 2.72. The topological polar surface area (TPSA) is 77.3 Å². The highest BCUT2D eigenvalue weighted by Crippen LogP contribution is 2.10. The molecule has 6 heteroatoms. The lowest BCUT2D eigenvalue weighted by atomic mass is 10.3. The Hall–Kier alpha value is -1.01. The van der Waals surface area contributed by atoms with Crippen molar-refractivity contribution in [2.24, 2.45) is 10.9 Å². The van der Waals surface area contributed by atoms with Crippen molar-refractivity contribution in [3.63, 3.8) is 0 Å². The van der Waals surface area contributed by atoms with Crippen molar-refractivity contribution in [2.45, 2.75) is 0 Å². The Morgan fingerprint density at radius 1 is 1.82 bits per heavy atom. The molecule has 0 unspecified atom stereocenters. The van der Waals surface area contributed by atoms with Gasteiger partial charge in [-0.05, 0) is 0 Å². The number of aromatic nitrogens is 1. The average Bonchev–Trinajstić information content (AvgIpc) is 2.39. The van der Waals surface area contributed by atoms with E-state index in [0.717, 1.165) is 0 Å². The molecule has 1 aromatic rings. The van der Waals surface area contributed by atoms with E-state index in [2.05, 4.69) is 22.3 Å². The van der Waals surface area contributed by atoms with Gasteiger partial charge in [0, 0.05) is 10.7 Å². The number of rotatable bonds is 2. The zero-order valence-electron chi connectivity index (χ0n) is 5.52. The molecule has 0 aliphatic carbocycles. The summed E-state index contributed by atoms with van der Waals surface area (Å²) in [7, 11) is 0. The first-order valence-corrected chi connectivity index (χ1v) is 4.07. The van der Waals surface area contributed by atoms with Gasteiger partial charge < -0.3 is 11.6 Å². The van der Waals surface area contributed by atoms with Crippen molar-refractivity contribution >= 4 is 39.8 Å². The minimum atomic E-state index is 0.480. The summed E-state index contributed by atoms with van der Waals surface area (Å²) in [4.78, 5) is 3.94. The molecule has 0 bridgehead atoms. The molecule has 0 spiro atoms. The smallest absolute Gasteiger partial charge is 0.180 e. The number of nitrogens with zero attached hydrogens (tertiary/aromatic N) is 2. The van der Waals surface area contributed by atoms with E-state index < -0.39 is 0 Å². The third-order valence-electron chi connectivity index (χ3n) is 1.04. The van der Waals surface area contributed by atoms with E-state index in [0.29, 0.717) is 16.5 Å². The van der Waals surface area contributed by atoms with E-state index >= 15 is 0 Å². The van der Waals surface area contributed by atoms with E-state index in [1.807, 2.05) is 0 Å². The van der Waals surface area contributed by atoms with E-state index in [1.165, 1.54) is 16.7 Å². The molecule has 0 radical (unpaired) electrons. The summed E-state index contributed by atoms with van der Waals surface area (Å²) in [6.45, 7) is 0. The second-order valence-corrected chi connectivity index (χ2v) is 2.83. The molecule has 1 aromatic heterocycles. The second kappa shape index (κ2) is 3.40. The Kier molecular flexibility index (Phi) is 2.50. The molecule has 1 rings (SSSR count). The highest BCUT2D eigenvalue weighted by Gasteiger charge is 2.03. The molecule has 0 aliphatic heterocycles. The predicted octanol–water partition coefficient (Wildman–Crippen LogP) is 0.388. The van der Waals surface area contributed by atoms with Crippen LogP contribution < -0.4 is 11.6 Å². The first kappa shape index (κ1) is 8.09. The van der Waals surface area contributed by atoms with E-state index in [9.17, 15) is 0 Å². The Bertz CT molecular complexity index is 290. The quantitative estimate of drug-likeness (QED) is 0.303. The maximum atomic E-state index is 5.39. The molecular formula is C5H6N4S2. The molecular weight excluding hydrogens is 180 g/mol. The van der Waals surface area contributed by atoms with Gasteiger partial charge in [-0.15, -0.1) is 11.3 Å². The van der Waals surface area contributed by atoms with Crippen molar-refractivity contribution in [3.05, 3.63) is 11.1 Å². The number of hydrazone groups is 1. The van der Waals surface area contributed by atoms with Crippen molar-refractivity contribution in [1.29, 1.82) is 0 Å². The Balaban J connectivity index is 3.00. The monoisotopic (exact) mass is 186 g/mol. The second-order valence-electron chi connectivity index (χ2n) is 1.70. The standard InChI is InChI=1S/C5H6N4S2/c6-5-8-4(2-11-5)3(1-10)9-7/h1-2H,7H2,(H2,6,8)/b9-3-. The minimum Gasteiger partial charge on any atom is -0.375 e. The van der Waals surface area contributed by atoms with Crippen LogP contribution in [0.25, 0.3) is 0 Å². The third-order valence-corrected chi connectivity index (χ3v) is 1.93. The first-order chi connectivity index (χ1) is 5.27. The van der Waals surface area contributed by atoms with Crippen molar-refractivity contribution in [2.75, 3.05) is 5.73 Å². The molecule has 0 fully saturated rings. The maximum Gasteiger partial charge on any atom is 0.180 e. The van der Waals surface area contributed by atoms with Crippen LogP contribution in [0.2, 0.25) is 0 Å². The number of hydrogen-bond donors (Lipinski definition) is 2. The fourth-order valence-corrected chi connectivity index (χ4v) is 1.30. The van der Waals surface area contributed by atoms with Gasteiger partial charge in [0.1, 0.15) is 11.4 Å². The summed E-state index contributed by atoms with van der Waals surface area (Å²) in [5.74, 6) is 5.04. The normalized spacial score (nSPS) is 11.5. The fraction of sp³-hybridized carbons (Fsp3) is 0. The SMILES string of the molecule is N/N=C(/C=S)c1csc(N)n1. The molecule has 0 aromatic carbocycles. The van der Waals surface area contributed by atoms with E-state index in [4.69, 9.17) is 11.6 Å². The Labute approximate surface area is 72.9 Å². The van der Waals surface area contributed by atoms with Crippen LogP contribution in [-0.2, 0) is 0 Å². The third kappa shape index (κ3) is 1.72. The van der Waals surface area contributed by atoms with E-state index in [-0.39, 0.29) is 0 Å². The number of hydrogen-bond acceptors (Lipinski definition) is 6. The minimum absolute atomic E-state index is 0.480. The van der Waals surface area contributed by atoms with Crippen LogP contribution in [0.1, 0.15) is 5.69 Å². The molecule has 4 nitrogen and oxygen atoms in total. The lowest BCUT2D eigenvalue weighted by Crippen LogP contribution is -2.04. The zero-order valence-corrected chi connectivity index (χ0v) is 7.15. The van der Waals surface area contributed by atoms with Gasteiger partial charge in [0.15, 0.2) is 5.13 Å². The molecule has 0 saturated heterocycles. The molecule has 0 atom stereocenters. The van der Waals surface area contributed by atoms with Crippen LogP contribution in [0.15, 0.2) is 10.5 Å². The molecule has 4 N–H and O–H groups in total. The molecule has 0 saturated carbocycles. The van der Waals surface area contributed by atoms with Gasteiger partial charge in [-0.25, -0.2) is 4.98 Å². The van der Waals surface area contributed by atoms with Gasteiger partial charge in [0.25, 0.3) is 0 Å². The van der Waals surface area contributed by atoms with Gasteiger partial charge >= 0.3 is 0 Å². The average molecular weight is 186 g/mol. The number of nitrogen functional groups attached to an aromatic ring is 1. The van der Waals surface area contributed by atoms with Crippen LogP contribution in [0.3, 0.4) is 0 Å². The van der Waals surface area contributed by atoms with Crippen LogP contribution in [0, 0.1) is 0 Å². The number of thiocarbonyl (C=S) groups is 1. The van der Waals surface area contributed by atoms with Gasteiger partial charge in [-0.1, -0.05) is 12.2 Å². The largest absolute Gasteiger partial charge is 0.375 e. The van der Waals surface area contributed by atoms with Crippen LogP contribution in [0.4, 0.5) is 5.13 Å². The lowest BCUT2D eigenvalue weighted by Gasteiger charge is -1.88. The lowest BCUT2D eigenvalue weighted by molar-refractivity contribution is 1.24. The summed E-state index contributed by atoms with van der Waals surface area (Å²) < 4.78 is 0. The molecule has 1 heterocycles. The maximum absolute atomic E-state index is 5.39. The van der Waals surface area contributed by atoms with Gasteiger partial charge in [0.2, 0.25) is 0 Å². The summed E-state index contributed by atoms with van der Waals surface area (Å²) in [6.07, 6.45) is 0. The summed E-state index contributed by atoms with van der Waals surface area (Å²) in [5.41, 5.74) is 6.50. The predicted molar refractivity (Wildman–Crippen MR) is 50.9 cm³/mol. The van der Waals surface area contributed by atoms with Gasteiger partial charge in [-0.3, -0.25) is 0 Å². The van der Waals surface area contributed by atoms with Crippen molar-refractivity contribution in [3.8, 4) is 0 Å². The van der Waals surface area contributed by atoms with Crippen LogP contribution in [-0.4, -0.2) is 16.1 Å². The zero-order chi connectivity index (χ0) is 8.27. The number of thiazole rings is 1. The molecule has 58 valence electrons. The van der Waals surface area contributed by atoms with Crippen LogP contribution in [0.5, 0.6) is 0 Å². The Morgan fingerprint density at radius 2 is 2.55 bits per heavy atom. The Morgan fingerprint density at radius 3 is 2.91 bits per heavy atom. The molecule has 11 heavy (non-hydrogen) atoms. The summed E-state index contributed by atoms with van der Waals surface area (Å²) in [5, 5.41) is 7.04. The number of nitrogens with two attached hydrogens (primary N) is 2. The summed E-state index contributed by atoms with van der Waals surface area (Å²) >= 11 is 5.98. The molecule has 0 amide bonds. The van der Waals surface area contributed by atoms with E-state index in [1.54, 1.807) is 5.38 Å². The highest BCUT2D eigenvalue weighted by molar-refractivity contribution is 7.80. The molecule has 0 aliphatic rings. The van der Waals surface area contributed by atoms with Crippen molar-refractivity contribution < 1.29 is 0 Å².